The van der Waals surface area contributed by atoms with E-state index in [9.17, 15) is 14.4 Å². The van der Waals surface area contributed by atoms with Gasteiger partial charge in [-0.1, -0.05) is 0 Å². The quantitative estimate of drug-likeness (QED) is 0.598. The van der Waals surface area contributed by atoms with Gasteiger partial charge in [-0.25, -0.2) is 4.79 Å². The van der Waals surface area contributed by atoms with Crippen LogP contribution in [-0.2, 0) is 9.59 Å². The van der Waals surface area contributed by atoms with Gasteiger partial charge in [-0.15, -0.1) is 11.6 Å². The van der Waals surface area contributed by atoms with Gasteiger partial charge in [0.1, 0.15) is 5.88 Å². The molecule has 0 unspecified atom stereocenters. The molecule has 0 aromatic heterocycles. The summed E-state index contributed by atoms with van der Waals surface area (Å²) in [7, 11) is 0. The van der Waals surface area contributed by atoms with Gasteiger partial charge in [0.2, 0.25) is 11.8 Å². The maximum atomic E-state index is 11.1. The number of halogens is 1. The van der Waals surface area contributed by atoms with E-state index in [0.29, 0.717) is 0 Å². The van der Waals surface area contributed by atoms with Crippen molar-refractivity contribution in [3.05, 3.63) is 0 Å². The molecule has 0 saturated carbocycles. The van der Waals surface area contributed by atoms with Gasteiger partial charge in [0.25, 0.3) is 0 Å². The highest BCUT2D eigenvalue weighted by Gasteiger charge is 2.07. The zero-order valence-corrected chi connectivity index (χ0v) is 10.1. The number of nitrogens with one attached hydrogen (secondary N) is 3. The van der Waals surface area contributed by atoms with Crippen LogP contribution in [0.3, 0.4) is 0 Å². The van der Waals surface area contributed by atoms with Crippen LogP contribution in [0.25, 0.3) is 0 Å². The second-order valence-electron chi connectivity index (χ2n) is 3.41. The van der Waals surface area contributed by atoms with Crippen LogP contribution in [0.15, 0.2) is 0 Å². The molecule has 0 aliphatic carbocycles. The molecule has 0 saturated heterocycles. The highest BCUT2D eigenvalue weighted by molar-refractivity contribution is 6.28. The summed E-state index contributed by atoms with van der Waals surface area (Å²) in [6.07, 6.45) is 0.167. The Morgan fingerprint density at radius 1 is 1.19 bits per heavy atom. The monoisotopic (exact) mass is 249 g/mol. The van der Waals surface area contributed by atoms with Gasteiger partial charge < -0.3 is 10.6 Å². The number of alkyl halides is 1. The van der Waals surface area contributed by atoms with E-state index in [0.717, 1.165) is 0 Å². The summed E-state index contributed by atoms with van der Waals surface area (Å²) in [6, 6.07) is -0.581. The van der Waals surface area contributed by atoms with E-state index < -0.39 is 11.9 Å². The molecule has 0 aliphatic rings. The van der Waals surface area contributed by atoms with Crippen LogP contribution >= 0.6 is 11.6 Å². The van der Waals surface area contributed by atoms with E-state index in [1.165, 1.54) is 0 Å². The fraction of sp³-hybridized carbons (Fsp3) is 0.667. The van der Waals surface area contributed by atoms with Crippen LogP contribution < -0.4 is 16.0 Å². The number of rotatable bonds is 5. The van der Waals surface area contributed by atoms with E-state index in [4.69, 9.17) is 11.6 Å². The van der Waals surface area contributed by atoms with Crippen molar-refractivity contribution in [3.8, 4) is 0 Å². The molecule has 0 spiro atoms. The van der Waals surface area contributed by atoms with Gasteiger partial charge in [-0.3, -0.25) is 14.9 Å². The van der Waals surface area contributed by atoms with Crippen molar-refractivity contribution >= 4 is 29.4 Å². The Morgan fingerprint density at radius 2 is 1.81 bits per heavy atom. The van der Waals surface area contributed by atoms with Crippen molar-refractivity contribution < 1.29 is 14.4 Å². The van der Waals surface area contributed by atoms with Crippen molar-refractivity contribution in [2.75, 3.05) is 12.4 Å². The van der Waals surface area contributed by atoms with Gasteiger partial charge in [-0.05, 0) is 13.8 Å². The second kappa shape index (κ2) is 7.92. The number of hydrogen-bond donors (Lipinski definition) is 3. The summed E-state index contributed by atoms with van der Waals surface area (Å²) in [5.41, 5.74) is 0. The van der Waals surface area contributed by atoms with Crippen LogP contribution in [0.4, 0.5) is 4.79 Å². The minimum Gasteiger partial charge on any atom is -0.354 e. The van der Waals surface area contributed by atoms with Crippen LogP contribution in [0.5, 0.6) is 0 Å². The third kappa shape index (κ3) is 8.05. The first kappa shape index (κ1) is 14.7. The molecule has 7 heteroatoms. The number of urea groups is 1. The number of hydrogen-bond acceptors (Lipinski definition) is 3. The van der Waals surface area contributed by atoms with Crippen LogP contribution in [0.1, 0.15) is 20.3 Å². The summed E-state index contributed by atoms with van der Waals surface area (Å²) in [5, 5.41) is 7.02. The van der Waals surface area contributed by atoms with Gasteiger partial charge in [0.05, 0.1) is 0 Å². The topological polar surface area (TPSA) is 87.3 Å². The van der Waals surface area contributed by atoms with Gasteiger partial charge >= 0.3 is 6.03 Å². The predicted octanol–water partition coefficient (Wildman–Crippen LogP) is -0.0343. The first-order chi connectivity index (χ1) is 7.45. The fourth-order valence-corrected chi connectivity index (χ4v) is 0.955. The smallest absolute Gasteiger partial charge is 0.321 e. The Labute approximate surface area is 99.1 Å². The summed E-state index contributed by atoms with van der Waals surface area (Å²) in [4.78, 5) is 32.8. The van der Waals surface area contributed by atoms with Crippen molar-refractivity contribution in [3.63, 3.8) is 0 Å². The standard InChI is InChI=1S/C9H16ClN3O3/c1-6(2)12-7(14)3-4-11-9(16)13-8(15)5-10/h6H,3-5H2,1-2H3,(H,12,14)(H2,11,13,15,16). The molecule has 0 aromatic rings. The largest absolute Gasteiger partial charge is 0.354 e. The Hall–Kier alpha value is -1.30. The van der Waals surface area contributed by atoms with Gasteiger partial charge in [0, 0.05) is 19.0 Å². The minimum atomic E-state index is -0.650. The maximum absolute atomic E-state index is 11.1. The normalized spacial score (nSPS) is 9.75. The number of carbonyl (C=O) groups is 3. The lowest BCUT2D eigenvalue weighted by atomic mass is 10.3. The first-order valence-electron chi connectivity index (χ1n) is 4.88. The Bertz CT molecular complexity index is 269. The number of carbonyl (C=O) groups excluding carboxylic acids is 3. The molecule has 16 heavy (non-hydrogen) atoms. The molecule has 4 amide bonds. The summed E-state index contributed by atoms with van der Waals surface area (Å²) < 4.78 is 0. The van der Waals surface area contributed by atoms with Gasteiger partial charge in [-0.2, -0.15) is 0 Å². The SMILES string of the molecule is CC(C)NC(=O)CCNC(=O)NC(=O)CCl. The number of imide groups is 1. The second-order valence-corrected chi connectivity index (χ2v) is 3.68. The zero-order valence-electron chi connectivity index (χ0n) is 9.30. The van der Waals surface area contributed by atoms with Crippen molar-refractivity contribution in [1.29, 1.82) is 0 Å². The average molecular weight is 250 g/mol. The highest BCUT2D eigenvalue weighted by Crippen LogP contribution is 1.82. The molecule has 0 aromatic carbocycles. The molecular weight excluding hydrogens is 234 g/mol. The highest BCUT2D eigenvalue weighted by atomic mass is 35.5. The van der Waals surface area contributed by atoms with Crippen molar-refractivity contribution in [1.82, 2.24) is 16.0 Å². The lowest BCUT2D eigenvalue weighted by molar-refractivity contribution is -0.121. The molecule has 0 aliphatic heterocycles. The van der Waals surface area contributed by atoms with Crippen molar-refractivity contribution in [2.45, 2.75) is 26.3 Å². The fourth-order valence-electron chi connectivity index (χ4n) is 0.888. The molecule has 0 heterocycles. The third-order valence-electron chi connectivity index (χ3n) is 1.46. The lowest BCUT2D eigenvalue weighted by Gasteiger charge is -2.08. The van der Waals surface area contributed by atoms with E-state index in [2.05, 4.69) is 10.6 Å². The molecule has 92 valence electrons. The molecule has 0 bridgehead atoms. The average Bonchev–Trinajstić information content (AvgIpc) is 2.16. The summed E-state index contributed by atoms with van der Waals surface area (Å²) >= 11 is 5.18. The maximum Gasteiger partial charge on any atom is 0.321 e. The van der Waals surface area contributed by atoms with Crippen LogP contribution in [-0.4, -0.2) is 36.3 Å². The van der Waals surface area contributed by atoms with E-state index in [1.54, 1.807) is 0 Å². The molecular formula is C9H16ClN3O3. The first-order valence-corrected chi connectivity index (χ1v) is 5.42. The van der Waals surface area contributed by atoms with E-state index in [1.807, 2.05) is 19.2 Å². The predicted molar refractivity (Wildman–Crippen MR) is 60.2 cm³/mol. The van der Waals surface area contributed by atoms with E-state index >= 15 is 0 Å². The Balaban J connectivity index is 3.62. The number of amides is 4. The van der Waals surface area contributed by atoms with Gasteiger partial charge in [0.15, 0.2) is 0 Å². The zero-order chi connectivity index (χ0) is 12.6. The summed E-state index contributed by atoms with van der Waals surface area (Å²) in [5.74, 6) is -1.01. The van der Waals surface area contributed by atoms with Crippen molar-refractivity contribution in [2.24, 2.45) is 0 Å². The lowest BCUT2D eigenvalue weighted by Crippen LogP contribution is -2.41. The van der Waals surface area contributed by atoms with E-state index in [-0.39, 0.29) is 30.8 Å². The van der Waals surface area contributed by atoms with Crippen LogP contribution in [0.2, 0.25) is 0 Å². The molecule has 6 nitrogen and oxygen atoms in total. The van der Waals surface area contributed by atoms with Crippen LogP contribution in [0, 0.1) is 0 Å². The molecule has 0 rings (SSSR count). The molecule has 0 atom stereocenters. The minimum absolute atomic E-state index is 0.0687. The molecule has 0 fully saturated rings. The third-order valence-corrected chi connectivity index (χ3v) is 1.70. The Morgan fingerprint density at radius 3 is 2.31 bits per heavy atom. The molecule has 0 radical (unpaired) electrons. The summed E-state index contributed by atoms with van der Waals surface area (Å²) in [6.45, 7) is 3.86. The Kier molecular flexibility index (Phi) is 7.28. The molecule has 3 N–H and O–H groups in total.